The van der Waals surface area contributed by atoms with Crippen molar-refractivity contribution in [3.8, 4) is 0 Å². The molecule has 0 heterocycles. The van der Waals surface area contributed by atoms with E-state index in [1.165, 1.54) is 0 Å². The largest absolute Gasteiger partial charge is 0.478 e. The third kappa shape index (κ3) is 5.72. The van der Waals surface area contributed by atoms with Gasteiger partial charge < -0.3 is 15.5 Å². The Morgan fingerprint density at radius 3 is 2.57 bits per heavy atom. The lowest BCUT2D eigenvalue weighted by atomic mass is 10.2. The van der Waals surface area contributed by atoms with E-state index in [2.05, 4.69) is 5.32 Å². The zero-order valence-corrected chi connectivity index (χ0v) is 8.79. The highest BCUT2D eigenvalue weighted by molar-refractivity contribution is 5.86. The summed E-state index contributed by atoms with van der Waals surface area (Å²) in [6.45, 7) is 4.70. The summed E-state index contributed by atoms with van der Waals surface area (Å²) in [6, 6.07) is 0. The first-order chi connectivity index (χ1) is 6.61. The molecule has 0 aliphatic heterocycles. The van der Waals surface area contributed by atoms with Gasteiger partial charge in [0, 0.05) is 18.7 Å². The molecule has 0 bridgehead atoms. The van der Waals surface area contributed by atoms with Crippen LogP contribution in [0.25, 0.3) is 0 Å². The number of aliphatic carboxylic acids is 1. The molecule has 14 heavy (non-hydrogen) atoms. The van der Waals surface area contributed by atoms with Crippen LogP contribution in [0, 0.1) is 0 Å². The summed E-state index contributed by atoms with van der Waals surface area (Å²) in [5.74, 6) is -0.870. The maximum atomic E-state index is 10.6. The summed E-state index contributed by atoms with van der Waals surface area (Å²) in [5.41, 5.74) is 0.406. The van der Waals surface area contributed by atoms with E-state index in [-0.39, 0.29) is 6.10 Å². The molecule has 0 radical (unpaired) electrons. The number of rotatable bonds is 7. The molecule has 0 aromatic rings. The Hall–Kier alpha value is -0.870. The molecule has 0 fully saturated rings. The van der Waals surface area contributed by atoms with Crippen LogP contribution in [0.5, 0.6) is 0 Å². The normalized spacial score (nSPS) is 14.1. The zero-order chi connectivity index (χ0) is 11.0. The molecule has 0 saturated heterocycles. The highest BCUT2D eigenvalue weighted by Crippen LogP contribution is 1.98. The van der Waals surface area contributed by atoms with Crippen LogP contribution in [0.4, 0.5) is 0 Å². The van der Waals surface area contributed by atoms with Crippen LogP contribution >= 0.6 is 0 Å². The highest BCUT2D eigenvalue weighted by Gasteiger charge is 2.03. The van der Waals surface area contributed by atoms with Crippen molar-refractivity contribution in [2.75, 3.05) is 13.1 Å². The first-order valence-corrected chi connectivity index (χ1v) is 4.92. The quantitative estimate of drug-likeness (QED) is 0.420. The molecule has 0 aromatic carbocycles. The first-order valence-electron chi connectivity index (χ1n) is 4.92. The molecule has 4 heteroatoms. The molecule has 4 nitrogen and oxygen atoms in total. The van der Waals surface area contributed by atoms with Gasteiger partial charge in [0.1, 0.15) is 0 Å². The number of aliphatic hydroxyl groups is 1. The second-order valence-electron chi connectivity index (χ2n) is 3.11. The number of carboxylic acids is 1. The van der Waals surface area contributed by atoms with Crippen LogP contribution in [0.15, 0.2) is 11.6 Å². The number of hydrogen-bond donors (Lipinski definition) is 3. The summed E-state index contributed by atoms with van der Waals surface area (Å²) < 4.78 is 0. The molecule has 3 N–H and O–H groups in total. The Kier molecular flexibility index (Phi) is 7.06. The van der Waals surface area contributed by atoms with E-state index < -0.39 is 5.97 Å². The first kappa shape index (κ1) is 13.1. The highest BCUT2D eigenvalue weighted by atomic mass is 16.4. The van der Waals surface area contributed by atoms with E-state index in [1.807, 2.05) is 6.92 Å². The predicted molar refractivity (Wildman–Crippen MR) is 55.2 cm³/mol. The SMILES string of the molecule is CC/C(=C/CNCC(O)CC)C(=O)O. The van der Waals surface area contributed by atoms with Crippen LogP contribution in [-0.4, -0.2) is 35.4 Å². The standard InChI is InChI=1S/C10H19NO3/c1-3-8(10(13)14)5-6-11-7-9(12)4-2/h5,9,11-12H,3-4,6-7H2,1-2H3,(H,13,14)/b8-5-. The fourth-order valence-corrected chi connectivity index (χ4v) is 0.973. The van der Waals surface area contributed by atoms with Crippen LogP contribution in [0.1, 0.15) is 26.7 Å². The van der Waals surface area contributed by atoms with Crippen LogP contribution in [0.3, 0.4) is 0 Å². The van der Waals surface area contributed by atoms with E-state index in [9.17, 15) is 9.90 Å². The summed E-state index contributed by atoms with van der Waals surface area (Å²) in [6.07, 6.45) is 2.52. The second-order valence-corrected chi connectivity index (χ2v) is 3.11. The van der Waals surface area contributed by atoms with Gasteiger partial charge >= 0.3 is 5.97 Å². The molecule has 1 atom stereocenters. The summed E-state index contributed by atoms with van der Waals surface area (Å²) in [4.78, 5) is 10.6. The van der Waals surface area contributed by atoms with Gasteiger partial charge in [-0.2, -0.15) is 0 Å². The smallest absolute Gasteiger partial charge is 0.331 e. The lowest BCUT2D eigenvalue weighted by Gasteiger charge is -2.07. The van der Waals surface area contributed by atoms with Crippen molar-refractivity contribution in [1.29, 1.82) is 0 Å². The third-order valence-corrected chi connectivity index (χ3v) is 2.00. The summed E-state index contributed by atoms with van der Waals surface area (Å²) in [5, 5.41) is 20.8. The fraction of sp³-hybridized carbons (Fsp3) is 0.700. The number of nitrogens with one attached hydrogen (secondary N) is 1. The minimum absolute atomic E-state index is 0.349. The molecule has 1 unspecified atom stereocenters. The van der Waals surface area contributed by atoms with Crippen LogP contribution in [-0.2, 0) is 4.79 Å². The van der Waals surface area contributed by atoms with E-state index >= 15 is 0 Å². The minimum Gasteiger partial charge on any atom is -0.478 e. The Balaban J connectivity index is 3.74. The Bertz CT molecular complexity index is 202. The molecule has 0 aliphatic rings. The van der Waals surface area contributed by atoms with Crippen molar-refractivity contribution in [2.45, 2.75) is 32.8 Å². The van der Waals surface area contributed by atoms with Gasteiger partial charge in [-0.05, 0) is 12.8 Å². The number of hydrogen-bond acceptors (Lipinski definition) is 3. The molecule has 0 saturated carbocycles. The van der Waals surface area contributed by atoms with E-state index in [1.54, 1.807) is 13.0 Å². The van der Waals surface area contributed by atoms with Crippen molar-refractivity contribution in [1.82, 2.24) is 5.32 Å². The van der Waals surface area contributed by atoms with Crippen molar-refractivity contribution >= 4 is 5.97 Å². The second kappa shape index (κ2) is 7.53. The molecule has 0 spiro atoms. The van der Waals surface area contributed by atoms with Crippen molar-refractivity contribution in [3.63, 3.8) is 0 Å². The van der Waals surface area contributed by atoms with Crippen molar-refractivity contribution < 1.29 is 15.0 Å². The average molecular weight is 201 g/mol. The van der Waals surface area contributed by atoms with Crippen molar-refractivity contribution in [2.24, 2.45) is 0 Å². The van der Waals surface area contributed by atoms with Gasteiger partial charge in [-0.15, -0.1) is 0 Å². The average Bonchev–Trinajstić information content (AvgIpc) is 2.16. The Morgan fingerprint density at radius 2 is 2.14 bits per heavy atom. The van der Waals surface area contributed by atoms with E-state index in [0.29, 0.717) is 31.5 Å². The summed E-state index contributed by atoms with van der Waals surface area (Å²) in [7, 11) is 0. The Morgan fingerprint density at radius 1 is 1.50 bits per heavy atom. The number of carboxylic acid groups (broad SMARTS) is 1. The molecule has 0 aliphatic carbocycles. The molecule has 0 amide bonds. The van der Waals surface area contributed by atoms with Gasteiger partial charge in [0.2, 0.25) is 0 Å². The zero-order valence-electron chi connectivity index (χ0n) is 8.79. The molecular formula is C10H19NO3. The number of carbonyl (C=O) groups is 1. The van der Waals surface area contributed by atoms with Gasteiger partial charge in [0.05, 0.1) is 6.10 Å². The monoisotopic (exact) mass is 201 g/mol. The number of aliphatic hydroxyl groups excluding tert-OH is 1. The topological polar surface area (TPSA) is 69.6 Å². The maximum absolute atomic E-state index is 10.6. The van der Waals surface area contributed by atoms with Gasteiger partial charge in [0.25, 0.3) is 0 Å². The van der Waals surface area contributed by atoms with E-state index in [0.717, 1.165) is 0 Å². The van der Waals surface area contributed by atoms with Crippen LogP contribution < -0.4 is 5.32 Å². The van der Waals surface area contributed by atoms with Crippen LogP contribution in [0.2, 0.25) is 0 Å². The lowest BCUT2D eigenvalue weighted by Crippen LogP contribution is -2.26. The summed E-state index contributed by atoms with van der Waals surface area (Å²) >= 11 is 0. The molecule has 82 valence electrons. The van der Waals surface area contributed by atoms with Gasteiger partial charge in [0.15, 0.2) is 0 Å². The molecular weight excluding hydrogens is 182 g/mol. The minimum atomic E-state index is -0.870. The molecule has 0 aromatic heterocycles. The van der Waals surface area contributed by atoms with Crippen molar-refractivity contribution in [3.05, 3.63) is 11.6 Å². The van der Waals surface area contributed by atoms with Gasteiger partial charge in [-0.3, -0.25) is 0 Å². The lowest BCUT2D eigenvalue weighted by molar-refractivity contribution is -0.132. The Labute approximate surface area is 84.6 Å². The predicted octanol–water partition coefficient (Wildman–Crippen LogP) is 0.768. The van der Waals surface area contributed by atoms with E-state index in [4.69, 9.17) is 5.11 Å². The molecule has 0 rings (SSSR count). The van der Waals surface area contributed by atoms with Gasteiger partial charge in [-0.25, -0.2) is 4.79 Å². The van der Waals surface area contributed by atoms with Gasteiger partial charge in [-0.1, -0.05) is 19.9 Å². The third-order valence-electron chi connectivity index (χ3n) is 2.00. The fourth-order valence-electron chi connectivity index (χ4n) is 0.973. The maximum Gasteiger partial charge on any atom is 0.331 e.